The number of hydrogen-bond donors (Lipinski definition) is 0. The molecule has 11 heavy (non-hydrogen) atoms. The average Bonchev–Trinajstić information content (AvgIpc) is 2.32. The summed E-state index contributed by atoms with van der Waals surface area (Å²) in [5.41, 5.74) is 0. The molecule has 1 aromatic rings. The molecule has 0 aliphatic carbocycles. The van der Waals surface area contributed by atoms with Crippen LogP contribution < -0.4 is 0 Å². The first-order valence-electron chi connectivity index (χ1n) is 3.62. The Morgan fingerprint density at radius 3 is 2.64 bits per heavy atom. The molecule has 1 atom stereocenters. The molecule has 0 saturated carbocycles. The predicted octanol–water partition coefficient (Wildman–Crippen LogP) is 2.10. The van der Waals surface area contributed by atoms with Crippen molar-refractivity contribution in [2.75, 3.05) is 6.26 Å². The summed E-state index contributed by atoms with van der Waals surface area (Å²) in [6.07, 6.45) is 5.92. The number of nitrogens with zero attached hydrogens (tertiary/aromatic N) is 2. The molecule has 0 N–H and O–H groups in total. The Hall–Kier alpha value is -0.570. The average molecular weight is 170 g/mol. The van der Waals surface area contributed by atoms with Crippen LogP contribution in [0, 0.1) is 0 Å². The van der Waals surface area contributed by atoms with Crippen molar-refractivity contribution in [2.24, 2.45) is 0 Å². The van der Waals surface area contributed by atoms with Crippen molar-refractivity contribution in [1.82, 2.24) is 8.96 Å². The minimum absolute atomic E-state index is 0.0242. The van der Waals surface area contributed by atoms with Gasteiger partial charge in [-0.2, -0.15) is 0 Å². The molecule has 1 rings (SSSR count). The summed E-state index contributed by atoms with van der Waals surface area (Å²) < 4.78 is 2.13. The fourth-order valence-corrected chi connectivity index (χ4v) is 1.81. The molecule has 62 valence electrons. The maximum atomic E-state index is 4.27. The van der Waals surface area contributed by atoms with Crippen LogP contribution in [0.2, 0.25) is 0 Å². The SMILES string of the molecule is C=S(C)n1ccnc1C(C)C. The van der Waals surface area contributed by atoms with E-state index in [2.05, 4.69) is 34.9 Å². The van der Waals surface area contributed by atoms with Crippen molar-refractivity contribution in [3.8, 4) is 0 Å². The van der Waals surface area contributed by atoms with E-state index in [0.717, 1.165) is 5.82 Å². The lowest BCUT2D eigenvalue weighted by Crippen LogP contribution is -1.98. The molecule has 0 bridgehead atoms. The third-order valence-corrected chi connectivity index (χ3v) is 2.47. The monoisotopic (exact) mass is 170 g/mol. The van der Waals surface area contributed by atoms with E-state index < -0.39 is 0 Å². The van der Waals surface area contributed by atoms with Gasteiger partial charge >= 0.3 is 0 Å². The third-order valence-electron chi connectivity index (χ3n) is 1.49. The number of imidazole rings is 1. The summed E-state index contributed by atoms with van der Waals surface area (Å²) >= 11 is 0. The van der Waals surface area contributed by atoms with E-state index in [1.165, 1.54) is 0 Å². The van der Waals surface area contributed by atoms with Crippen LogP contribution in [0.3, 0.4) is 0 Å². The Bertz CT molecular complexity index is 263. The molecule has 0 aliphatic rings. The molecular formula is C8H14N2S. The Morgan fingerprint density at radius 2 is 2.27 bits per heavy atom. The highest BCUT2D eigenvalue weighted by Crippen LogP contribution is 2.18. The van der Waals surface area contributed by atoms with Gasteiger partial charge in [-0.05, 0) is 6.26 Å². The van der Waals surface area contributed by atoms with Gasteiger partial charge in [-0.3, -0.25) is 3.97 Å². The molecule has 0 aliphatic heterocycles. The largest absolute Gasteiger partial charge is 0.284 e. The number of rotatable bonds is 2. The summed E-state index contributed by atoms with van der Waals surface area (Å²) in [5, 5.41) is 0. The van der Waals surface area contributed by atoms with Crippen LogP contribution in [0.4, 0.5) is 0 Å². The summed E-state index contributed by atoms with van der Waals surface area (Å²) in [4.78, 5) is 4.27. The molecule has 0 saturated heterocycles. The first kappa shape index (κ1) is 8.53. The van der Waals surface area contributed by atoms with Crippen LogP contribution in [-0.2, 0) is 0 Å². The quantitative estimate of drug-likeness (QED) is 0.621. The van der Waals surface area contributed by atoms with Gasteiger partial charge in [0.1, 0.15) is 5.82 Å². The van der Waals surface area contributed by atoms with Gasteiger partial charge < -0.3 is 0 Å². The second-order valence-electron chi connectivity index (χ2n) is 2.87. The topological polar surface area (TPSA) is 17.8 Å². The molecule has 0 radical (unpaired) electrons. The van der Waals surface area contributed by atoms with Crippen LogP contribution in [0.1, 0.15) is 25.6 Å². The maximum absolute atomic E-state index is 4.27. The van der Waals surface area contributed by atoms with E-state index in [4.69, 9.17) is 0 Å². The van der Waals surface area contributed by atoms with Gasteiger partial charge in [0.05, 0.1) is 0 Å². The number of hydrogen-bond acceptors (Lipinski definition) is 1. The van der Waals surface area contributed by atoms with Gasteiger partial charge in [-0.15, -0.1) is 0 Å². The van der Waals surface area contributed by atoms with Crippen LogP contribution in [0.25, 0.3) is 0 Å². The van der Waals surface area contributed by atoms with Gasteiger partial charge in [-0.1, -0.05) is 30.4 Å². The van der Waals surface area contributed by atoms with Crippen molar-refractivity contribution >= 4 is 16.5 Å². The highest BCUT2D eigenvalue weighted by atomic mass is 32.2. The van der Waals surface area contributed by atoms with Crippen molar-refractivity contribution < 1.29 is 0 Å². The predicted molar refractivity (Wildman–Crippen MR) is 52.4 cm³/mol. The maximum Gasteiger partial charge on any atom is 0.120 e. The number of aromatic nitrogens is 2. The van der Waals surface area contributed by atoms with E-state index >= 15 is 0 Å². The second kappa shape index (κ2) is 3.22. The zero-order valence-electron chi connectivity index (χ0n) is 7.24. The van der Waals surface area contributed by atoms with Crippen LogP contribution >= 0.6 is 10.7 Å². The Morgan fingerprint density at radius 1 is 1.64 bits per heavy atom. The molecule has 1 unspecified atom stereocenters. The minimum Gasteiger partial charge on any atom is -0.284 e. The fraction of sp³-hybridized carbons (Fsp3) is 0.500. The van der Waals surface area contributed by atoms with Gasteiger partial charge in [-0.25, -0.2) is 4.98 Å². The first-order chi connectivity index (χ1) is 5.13. The molecule has 0 aromatic carbocycles. The molecular weight excluding hydrogens is 156 g/mol. The summed E-state index contributed by atoms with van der Waals surface area (Å²) in [6, 6.07) is 0. The first-order valence-corrected chi connectivity index (χ1v) is 5.38. The molecule has 1 heterocycles. The van der Waals surface area contributed by atoms with Crippen molar-refractivity contribution in [2.45, 2.75) is 19.8 Å². The normalized spacial score (nSPS) is 13.8. The highest BCUT2D eigenvalue weighted by molar-refractivity contribution is 8.12. The van der Waals surface area contributed by atoms with Gasteiger partial charge in [0, 0.05) is 18.3 Å². The van der Waals surface area contributed by atoms with Crippen molar-refractivity contribution in [3.63, 3.8) is 0 Å². The lowest BCUT2D eigenvalue weighted by molar-refractivity contribution is 0.781. The minimum atomic E-state index is 0.0242. The standard InChI is InChI=1S/C8H14N2S/c1-7(2)8-9-5-6-10(8)11(3)4/h5-7H,3H2,1-2,4H3. The van der Waals surface area contributed by atoms with Gasteiger partial charge in [0.15, 0.2) is 0 Å². The van der Waals surface area contributed by atoms with E-state index in [0.29, 0.717) is 5.92 Å². The fourth-order valence-electron chi connectivity index (χ4n) is 0.971. The zero-order chi connectivity index (χ0) is 8.43. The van der Waals surface area contributed by atoms with Gasteiger partial charge in [0.25, 0.3) is 0 Å². The second-order valence-corrected chi connectivity index (χ2v) is 4.46. The molecule has 0 spiro atoms. The summed E-state index contributed by atoms with van der Waals surface area (Å²) in [7, 11) is 0.0242. The molecule has 0 fully saturated rings. The Balaban J connectivity index is 3.06. The molecule has 0 amide bonds. The van der Waals surface area contributed by atoms with Crippen LogP contribution in [-0.4, -0.2) is 21.1 Å². The van der Waals surface area contributed by atoms with Gasteiger partial charge in [0.2, 0.25) is 0 Å². The molecule has 3 heteroatoms. The van der Waals surface area contributed by atoms with E-state index in [-0.39, 0.29) is 10.7 Å². The van der Waals surface area contributed by atoms with E-state index in [1.807, 2.05) is 12.4 Å². The van der Waals surface area contributed by atoms with Crippen LogP contribution in [0.5, 0.6) is 0 Å². The lowest BCUT2D eigenvalue weighted by atomic mass is 10.2. The molecule has 1 aromatic heterocycles. The van der Waals surface area contributed by atoms with Crippen LogP contribution in [0.15, 0.2) is 12.4 Å². The smallest absolute Gasteiger partial charge is 0.120 e. The van der Waals surface area contributed by atoms with E-state index in [9.17, 15) is 0 Å². The third kappa shape index (κ3) is 1.71. The Labute approximate surface area is 70.3 Å². The lowest BCUT2D eigenvalue weighted by Gasteiger charge is -2.09. The van der Waals surface area contributed by atoms with Crippen molar-refractivity contribution in [1.29, 1.82) is 0 Å². The molecule has 2 nitrogen and oxygen atoms in total. The summed E-state index contributed by atoms with van der Waals surface area (Å²) in [6.45, 7) is 4.29. The van der Waals surface area contributed by atoms with Crippen molar-refractivity contribution in [3.05, 3.63) is 18.2 Å². The van der Waals surface area contributed by atoms with E-state index in [1.54, 1.807) is 0 Å². The summed E-state index contributed by atoms with van der Waals surface area (Å²) in [5.74, 6) is 5.59. The Kier molecular flexibility index (Phi) is 2.49. The zero-order valence-corrected chi connectivity index (χ0v) is 8.06. The highest BCUT2D eigenvalue weighted by Gasteiger charge is 2.05.